The predicted octanol–water partition coefficient (Wildman–Crippen LogP) is 6.88. The Labute approximate surface area is 174 Å². The Hall–Kier alpha value is -2.46. The summed E-state index contributed by atoms with van der Waals surface area (Å²) in [4.78, 5) is 26.7. The van der Waals surface area contributed by atoms with E-state index in [9.17, 15) is 9.59 Å². The average molecular weight is 405 g/mol. The molecule has 0 bridgehead atoms. The SMILES string of the molecule is CCc1cc2c(cc1C)C(=O)/C(=C\c1cc3oc(C4CCCCC4)cc3s1)C2=O. The summed E-state index contributed by atoms with van der Waals surface area (Å²) in [6.07, 6.45) is 8.89. The zero-order valence-electron chi connectivity index (χ0n) is 16.8. The number of Topliss-reactive ketones (excluding diaryl/α,β-unsaturated/α-hetero) is 2. The van der Waals surface area contributed by atoms with Crippen LogP contribution in [0.25, 0.3) is 16.4 Å². The highest BCUT2D eigenvalue weighted by atomic mass is 32.1. The van der Waals surface area contributed by atoms with E-state index >= 15 is 0 Å². The minimum Gasteiger partial charge on any atom is -0.460 e. The second kappa shape index (κ2) is 7.10. The number of carbonyl (C=O) groups is 2. The van der Waals surface area contributed by atoms with Crippen LogP contribution in [0.1, 0.15) is 87.4 Å². The first-order chi connectivity index (χ1) is 14.0. The van der Waals surface area contributed by atoms with Gasteiger partial charge in [0.05, 0.1) is 10.3 Å². The number of allylic oxidation sites excluding steroid dienone is 1. The molecule has 0 unspecified atom stereocenters. The molecule has 2 aliphatic carbocycles. The molecule has 4 heteroatoms. The van der Waals surface area contributed by atoms with Gasteiger partial charge in [0.15, 0.2) is 11.6 Å². The van der Waals surface area contributed by atoms with Crippen molar-refractivity contribution in [2.24, 2.45) is 0 Å². The molecule has 29 heavy (non-hydrogen) atoms. The quantitative estimate of drug-likeness (QED) is 0.353. The normalized spacial score (nSPS) is 18.9. The van der Waals surface area contributed by atoms with E-state index in [4.69, 9.17) is 4.42 Å². The molecule has 0 saturated heterocycles. The Morgan fingerprint density at radius 1 is 1.03 bits per heavy atom. The van der Waals surface area contributed by atoms with Crippen LogP contribution >= 0.6 is 11.3 Å². The summed E-state index contributed by atoms with van der Waals surface area (Å²) in [6.45, 7) is 4.06. The van der Waals surface area contributed by atoms with Gasteiger partial charge in [-0.25, -0.2) is 0 Å². The standard InChI is InChI=1S/C25H24O3S/c1-3-15-10-19-18(9-14(15)2)24(26)20(25(19)27)11-17-12-22-23(29-17)13-21(28-22)16-7-5-4-6-8-16/h9-13,16H,3-8H2,1-2H3/b20-11+. The fourth-order valence-corrected chi connectivity index (χ4v) is 5.68. The molecule has 1 fully saturated rings. The number of aryl methyl sites for hydroxylation is 2. The van der Waals surface area contributed by atoms with E-state index in [-0.39, 0.29) is 17.1 Å². The largest absolute Gasteiger partial charge is 0.460 e. The number of thiophene rings is 1. The van der Waals surface area contributed by atoms with Gasteiger partial charge in [0.1, 0.15) is 11.3 Å². The molecule has 5 rings (SSSR count). The second-order valence-corrected chi connectivity index (χ2v) is 9.37. The van der Waals surface area contributed by atoms with Crippen molar-refractivity contribution >= 4 is 39.3 Å². The van der Waals surface area contributed by atoms with Crippen molar-refractivity contribution in [1.82, 2.24) is 0 Å². The van der Waals surface area contributed by atoms with E-state index in [1.807, 2.05) is 25.1 Å². The maximum absolute atomic E-state index is 12.9. The smallest absolute Gasteiger partial charge is 0.197 e. The van der Waals surface area contributed by atoms with Crippen LogP contribution in [0.15, 0.2) is 34.3 Å². The lowest BCUT2D eigenvalue weighted by molar-refractivity contribution is 0.0990. The lowest BCUT2D eigenvalue weighted by atomic mass is 9.88. The molecule has 0 spiro atoms. The number of hydrogen-bond acceptors (Lipinski definition) is 4. The molecule has 3 aromatic rings. The van der Waals surface area contributed by atoms with E-state index in [2.05, 4.69) is 13.0 Å². The Morgan fingerprint density at radius 3 is 2.45 bits per heavy atom. The van der Waals surface area contributed by atoms with Gasteiger partial charge in [0.2, 0.25) is 0 Å². The first-order valence-electron chi connectivity index (χ1n) is 10.5. The zero-order chi connectivity index (χ0) is 20.1. The van der Waals surface area contributed by atoms with Gasteiger partial charge in [0.25, 0.3) is 0 Å². The summed E-state index contributed by atoms with van der Waals surface area (Å²) in [5, 5.41) is 0. The molecule has 1 saturated carbocycles. The molecule has 2 aromatic heterocycles. The van der Waals surface area contributed by atoms with Crippen LogP contribution in [-0.2, 0) is 6.42 Å². The Bertz CT molecular complexity index is 1140. The lowest BCUT2D eigenvalue weighted by Crippen LogP contribution is -2.02. The average Bonchev–Trinajstić information content (AvgIpc) is 3.36. The van der Waals surface area contributed by atoms with Gasteiger partial charge in [-0.3, -0.25) is 9.59 Å². The van der Waals surface area contributed by atoms with Crippen molar-refractivity contribution in [2.45, 2.75) is 58.3 Å². The summed E-state index contributed by atoms with van der Waals surface area (Å²) in [5.74, 6) is 1.30. The number of fused-ring (bicyclic) bond motifs is 2. The fraction of sp³-hybridized carbons (Fsp3) is 0.360. The topological polar surface area (TPSA) is 47.3 Å². The third kappa shape index (κ3) is 3.10. The van der Waals surface area contributed by atoms with Gasteiger partial charge in [-0.1, -0.05) is 26.2 Å². The second-order valence-electron chi connectivity index (χ2n) is 8.26. The highest BCUT2D eigenvalue weighted by molar-refractivity contribution is 7.19. The predicted molar refractivity (Wildman–Crippen MR) is 117 cm³/mol. The first-order valence-corrected chi connectivity index (χ1v) is 11.3. The van der Waals surface area contributed by atoms with Gasteiger partial charge in [-0.15, -0.1) is 11.3 Å². The van der Waals surface area contributed by atoms with Crippen LogP contribution in [0.4, 0.5) is 0 Å². The third-order valence-corrected chi connectivity index (χ3v) is 7.39. The van der Waals surface area contributed by atoms with Crippen LogP contribution in [-0.4, -0.2) is 11.6 Å². The molecule has 0 atom stereocenters. The van der Waals surface area contributed by atoms with E-state index < -0.39 is 0 Å². The maximum Gasteiger partial charge on any atom is 0.197 e. The van der Waals surface area contributed by atoms with Crippen molar-refractivity contribution < 1.29 is 14.0 Å². The Kier molecular flexibility index (Phi) is 4.54. The van der Waals surface area contributed by atoms with Crippen molar-refractivity contribution in [3.05, 3.63) is 62.7 Å². The number of benzene rings is 1. The molecular formula is C25H24O3S. The summed E-state index contributed by atoms with van der Waals surface area (Å²) in [6, 6.07) is 7.88. The highest BCUT2D eigenvalue weighted by Crippen LogP contribution is 2.39. The van der Waals surface area contributed by atoms with Crippen molar-refractivity contribution in [3.8, 4) is 0 Å². The third-order valence-electron chi connectivity index (χ3n) is 6.37. The van der Waals surface area contributed by atoms with Crippen molar-refractivity contribution in [2.75, 3.05) is 0 Å². The van der Waals surface area contributed by atoms with Crippen molar-refractivity contribution in [3.63, 3.8) is 0 Å². The Balaban J connectivity index is 1.47. The van der Waals surface area contributed by atoms with Gasteiger partial charge >= 0.3 is 0 Å². The zero-order valence-corrected chi connectivity index (χ0v) is 17.7. The number of ketones is 2. The van der Waals surface area contributed by atoms with E-state index in [0.29, 0.717) is 17.0 Å². The van der Waals surface area contributed by atoms with Crippen LogP contribution in [0.2, 0.25) is 0 Å². The van der Waals surface area contributed by atoms with Crippen molar-refractivity contribution in [1.29, 1.82) is 0 Å². The molecule has 0 aliphatic heterocycles. The van der Waals surface area contributed by atoms with Gasteiger partial charge in [-0.2, -0.15) is 0 Å². The summed E-state index contributed by atoms with van der Waals surface area (Å²) in [7, 11) is 0. The summed E-state index contributed by atoms with van der Waals surface area (Å²) >= 11 is 1.59. The molecule has 2 aliphatic rings. The van der Waals surface area contributed by atoms with Gasteiger partial charge < -0.3 is 4.42 Å². The minimum atomic E-state index is -0.163. The van der Waals surface area contributed by atoms with E-state index in [0.717, 1.165) is 38.5 Å². The lowest BCUT2D eigenvalue weighted by Gasteiger charge is -2.18. The Morgan fingerprint density at radius 2 is 1.76 bits per heavy atom. The number of furan rings is 1. The molecule has 0 amide bonds. The molecule has 1 aromatic carbocycles. The van der Waals surface area contributed by atoms with Crippen LogP contribution in [0.5, 0.6) is 0 Å². The van der Waals surface area contributed by atoms with E-state index in [1.54, 1.807) is 17.4 Å². The van der Waals surface area contributed by atoms with Crippen LogP contribution < -0.4 is 0 Å². The molecule has 0 N–H and O–H groups in total. The molecular weight excluding hydrogens is 380 g/mol. The van der Waals surface area contributed by atoms with Crippen LogP contribution in [0.3, 0.4) is 0 Å². The molecule has 2 heterocycles. The van der Waals surface area contributed by atoms with Gasteiger partial charge in [0, 0.05) is 21.9 Å². The monoisotopic (exact) mass is 404 g/mol. The fourth-order valence-electron chi connectivity index (χ4n) is 4.71. The maximum atomic E-state index is 12.9. The summed E-state index contributed by atoms with van der Waals surface area (Å²) in [5.41, 5.74) is 4.40. The highest BCUT2D eigenvalue weighted by Gasteiger charge is 2.34. The number of hydrogen-bond donors (Lipinski definition) is 0. The molecule has 0 radical (unpaired) electrons. The summed E-state index contributed by atoms with van der Waals surface area (Å²) < 4.78 is 7.22. The number of rotatable bonds is 3. The van der Waals surface area contributed by atoms with E-state index in [1.165, 1.54) is 32.1 Å². The minimum absolute atomic E-state index is 0.160. The first kappa shape index (κ1) is 18.6. The number of carbonyl (C=O) groups excluding carboxylic acids is 2. The molecule has 148 valence electrons. The van der Waals surface area contributed by atoms with Crippen LogP contribution in [0, 0.1) is 6.92 Å². The van der Waals surface area contributed by atoms with Gasteiger partial charge in [-0.05, 0) is 67.7 Å². The molecule has 3 nitrogen and oxygen atoms in total.